The van der Waals surface area contributed by atoms with Crippen LogP contribution in [0.3, 0.4) is 0 Å². The van der Waals surface area contributed by atoms with Gasteiger partial charge in [-0.2, -0.15) is 19.6 Å². The number of esters is 1. The average molecular weight is 605 g/mol. The quantitative estimate of drug-likeness (QED) is 0.118. The summed E-state index contributed by atoms with van der Waals surface area (Å²) in [6.07, 6.45) is 1.26. The highest BCUT2D eigenvalue weighted by Crippen LogP contribution is 2.33. The number of methoxy groups -OCH3 is 1. The molecule has 5 N–H and O–H groups in total. The van der Waals surface area contributed by atoms with E-state index in [0.717, 1.165) is 0 Å². The Bertz CT molecular complexity index is 1830. The summed E-state index contributed by atoms with van der Waals surface area (Å²) < 4.78 is 9.82. The summed E-state index contributed by atoms with van der Waals surface area (Å²) >= 11 is 0. The summed E-state index contributed by atoms with van der Waals surface area (Å²) in [6.45, 7) is 2.55. The first-order valence-corrected chi connectivity index (χ1v) is 12.4. The Morgan fingerprint density at radius 1 is 0.841 bits per heavy atom. The van der Waals surface area contributed by atoms with E-state index in [1.165, 1.54) is 52.3 Å². The van der Waals surface area contributed by atoms with E-state index in [1.54, 1.807) is 13.8 Å². The van der Waals surface area contributed by atoms with E-state index in [-0.39, 0.29) is 57.7 Å². The maximum Gasteiger partial charge on any atom is 0.362 e. The van der Waals surface area contributed by atoms with E-state index in [0.29, 0.717) is 11.4 Å². The molecule has 22 heteroatoms. The van der Waals surface area contributed by atoms with E-state index in [9.17, 15) is 14.7 Å². The Hall–Kier alpha value is -6.32. The van der Waals surface area contributed by atoms with Gasteiger partial charge in [-0.05, 0) is 13.8 Å². The Labute approximate surface area is 246 Å². The molecule has 0 aliphatic heterocycles. The van der Waals surface area contributed by atoms with E-state index < -0.39 is 18.4 Å². The van der Waals surface area contributed by atoms with Crippen LogP contribution in [0.4, 0.5) is 34.6 Å². The summed E-state index contributed by atoms with van der Waals surface area (Å²) in [5.74, 6) is -0.658. The number of azo groups is 2. The normalized spacial score (nSPS) is 11.7. The predicted molar refractivity (Wildman–Crippen MR) is 148 cm³/mol. The van der Waals surface area contributed by atoms with Gasteiger partial charge in [0.2, 0.25) is 23.1 Å². The molecular formula is C22H24N18O4. The van der Waals surface area contributed by atoms with Crippen molar-refractivity contribution in [3.8, 4) is 11.6 Å². The molecule has 5 heterocycles. The number of hydrogen-bond donors (Lipinski definition) is 3. The number of nitrogens with zero attached hydrogens (tertiary/aromatic N) is 16. The first-order chi connectivity index (χ1) is 21.0. The molecule has 22 nitrogen and oxygen atoms in total. The second-order valence-corrected chi connectivity index (χ2v) is 8.94. The largest absolute Gasteiger partial charge is 0.464 e. The molecule has 0 aromatic carbocycles. The molecule has 5 aromatic heterocycles. The van der Waals surface area contributed by atoms with Gasteiger partial charge < -0.3 is 21.3 Å². The third-order valence-electron chi connectivity index (χ3n) is 6.07. The molecule has 0 bridgehead atoms. The standard InChI is InChI=1S/C22H24N18O4/c1-9-14(27-31-20-16(11(42)7-41)29-35-37(20)3)18(23)39(33-9)12-6-13(26-8-25-12)40-19(24)15(10(2)34-40)28-32-21-17(22(43)44-5)30-36-38(21)4/h6,8,41H,7,23-24H2,1-5H3. The summed E-state index contributed by atoms with van der Waals surface area (Å²) in [7, 11) is 4.27. The molecule has 0 unspecified atom stereocenters. The summed E-state index contributed by atoms with van der Waals surface area (Å²) in [5, 5.41) is 49.5. The molecule has 0 atom stereocenters. The fraction of sp³-hybridized carbons (Fsp3) is 0.273. The fourth-order valence-electron chi connectivity index (χ4n) is 3.85. The number of aliphatic hydroxyl groups is 1. The molecule has 5 rings (SSSR count). The van der Waals surface area contributed by atoms with E-state index in [4.69, 9.17) is 16.2 Å². The van der Waals surface area contributed by atoms with Gasteiger partial charge in [0.25, 0.3) is 0 Å². The molecule has 0 saturated carbocycles. The molecule has 226 valence electrons. The van der Waals surface area contributed by atoms with Crippen LogP contribution in [0.25, 0.3) is 11.6 Å². The summed E-state index contributed by atoms with van der Waals surface area (Å²) in [4.78, 5) is 32.4. The molecule has 0 spiro atoms. The highest BCUT2D eigenvalue weighted by Gasteiger charge is 2.22. The lowest BCUT2D eigenvalue weighted by molar-refractivity contribution is 0.0594. The van der Waals surface area contributed by atoms with Crippen molar-refractivity contribution in [3.63, 3.8) is 0 Å². The molecule has 44 heavy (non-hydrogen) atoms. The molecule has 0 radical (unpaired) electrons. The number of nitrogens with two attached hydrogens (primary N) is 2. The van der Waals surface area contributed by atoms with Crippen molar-refractivity contribution in [2.24, 2.45) is 34.6 Å². The van der Waals surface area contributed by atoms with Gasteiger partial charge in [0.1, 0.15) is 12.9 Å². The molecule has 0 fully saturated rings. The number of hydrogen-bond acceptors (Lipinski definition) is 18. The third-order valence-corrected chi connectivity index (χ3v) is 6.07. The maximum absolute atomic E-state index is 12.0. The van der Waals surface area contributed by atoms with Crippen molar-refractivity contribution in [2.45, 2.75) is 13.8 Å². The number of ether oxygens (including phenoxy) is 1. The average Bonchev–Trinajstić information content (AvgIpc) is 3.74. The van der Waals surface area contributed by atoms with Crippen LogP contribution in [0.1, 0.15) is 32.4 Å². The van der Waals surface area contributed by atoms with Crippen LogP contribution in [-0.2, 0) is 18.8 Å². The predicted octanol–water partition coefficient (Wildman–Crippen LogP) is 0.679. The number of ketones is 1. The minimum atomic E-state index is -0.765. The van der Waals surface area contributed by atoms with Gasteiger partial charge in [-0.25, -0.2) is 24.1 Å². The zero-order chi connectivity index (χ0) is 31.7. The highest BCUT2D eigenvalue weighted by atomic mass is 16.5. The zero-order valence-electron chi connectivity index (χ0n) is 23.8. The Morgan fingerprint density at radius 2 is 1.32 bits per heavy atom. The number of carbonyl (C=O) groups is 2. The van der Waals surface area contributed by atoms with Crippen LogP contribution in [0, 0.1) is 13.8 Å². The van der Waals surface area contributed by atoms with Crippen molar-refractivity contribution in [1.82, 2.24) is 59.5 Å². The van der Waals surface area contributed by atoms with Crippen molar-refractivity contribution in [3.05, 3.63) is 35.2 Å². The van der Waals surface area contributed by atoms with Crippen molar-refractivity contribution in [2.75, 3.05) is 25.2 Å². The summed E-state index contributed by atoms with van der Waals surface area (Å²) in [6, 6.07) is 1.52. The van der Waals surface area contributed by atoms with Gasteiger partial charge in [-0.1, -0.05) is 10.4 Å². The first-order valence-electron chi connectivity index (χ1n) is 12.4. The number of carbonyl (C=O) groups excluding carboxylic acids is 2. The maximum atomic E-state index is 12.0. The van der Waals surface area contributed by atoms with Gasteiger partial charge in [-0.15, -0.1) is 30.7 Å². The van der Waals surface area contributed by atoms with E-state index >= 15 is 0 Å². The number of anilines is 2. The Kier molecular flexibility index (Phi) is 7.64. The third kappa shape index (κ3) is 5.11. The van der Waals surface area contributed by atoms with Gasteiger partial charge in [-0.3, -0.25) is 4.79 Å². The molecule has 0 amide bonds. The number of aliphatic hydroxyl groups excluding tert-OH is 1. The van der Waals surface area contributed by atoms with Gasteiger partial charge in [0, 0.05) is 20.2 Å². The molecule has 0 aliphatic carbocycles. The van der Waals surface area contributed by atoms with Crippen molar-refractivity contribution < 1.29 is 19.4 Å². The van der Waals surface area contributed by atoms with Crippen molar-refractivity contribution >= 4 is 46.4 Å². The van der Waals surface area contributed by atoms with Crippen LogP contribution >= 0.6 is 0 Å². The molecule has 5 aromatic rings. The molecule has 0 saturated heterocycles. The van der Waals surface area contributed by atoms with Gasteiger partial charge in [0.05, 0.1) is 18.5 Å². The molecule has 0 aliphatic rings. The number of rotatable bonds is 9. The lowest BCUT2D eigenvalue weighted by atomic mass is 10.3. The minimum Gasteiger partial charge on any atom is -0.464 e. The fourth-order valence-corrected chi connectivity index (χ4v) is 3.85. The highest BCUT2D eigenvalue weighted by molar-refractivity contribution is 5.98. The SMILES string of the molecule is COC(=O)c1nnn(C)c1N=Nc1c(C)nn(-c2cc(-n3nc(C)c(N=Nc4c(C(=O)CO)nnn4C)c3N)ncn2)c1N. The minimum absolute atomic E-state index is 0.0265. The number of Topliss-reactive ketones (excluding diaryl/α,β-unsaturated/α-hetero) is 1. The second kappa shape index (κ2) is 11.5. The number of aryl methyl sites for hydroxylation is 4. The zero-order valence-corrected chi connectivity index (χ0v) is 23.8. The van der Waals surface area contributed by atoms with Crippen molar-refractivity contribution in [1.29, 1.82) is 0 Å². The Morgan fingerprint density at radius 3 is 1.80 bits per heavy atom. The number of aromatic nitrogens is 12. The van der Waals surface area contributed by atoms with Crippen LogP contribution in [0.5, 0.6) is 0 Å². The smallest absolute Gasteiger partial charge is 0.362 e. The lowest BCUT2D eigenvalue weighted by Crippen LogP contribution is -2.09. The van der Waals surface area contributed by atoms with Crippen LogP contribution < -0.4 is 11.5 Å². The number of nitrogen functional groups attached to an aromatic ring is 2. The first kappa shape index (κ1) is 29.2. The van der Waals surface area contributed by atoms with Crippen LogP contribution in [0.2, 0.25) is 0 Å². The van der Waals surface area contributed by atoms with Crippen LogP contribution in [0.15, 0.2) is 32.9 Å². The lowest BCUT2D eigenvalue weighted by Gasteiger charge is -2.06. The van der Waals surface area contributed by atoms with E-state index in [1.807, 2.05) is 0 Å². The van der Waals surface area contributed by atoms with E-state index in [2.05, 4.69) is 61.2 Å². The topological polar surface area (TPSA) is 288 Å². The summed E-state index contributed by atoms with van der Waals surface area (Å²) in [5.41, 5.74) is 13.6. The second-order valence-electron chi connectivity index (χ2n) is 8.94. The van der Waals surface area contributed by atoms with Gasteiger partial charge in [0.15, 0.2) is 40.3 Å². The molecular weight excluding hydrogens is 580 g/mol. The Balaban J connectivity index is 1.47. The monoisotopic (exact) mass is 604 g/mol. The van der Waals surface area contributed by atoms with Crippen LogP contribution in [-0.4, -0.2) is 90.1 Å². The van der Waals surface area contributed by atoms with Gasteiger partial charge >= 0.3 is 5.97 Å².